The molecule has 1 amide bonds. The van der Waals surface area contributed by atoms with Gasteiger partial charge in [0.05, 0.1) is 12.1 Å². The Morgan fingerprint density at radius 2 is 2.00 bits per heavy atom. The zero-order valence-corrected chi connectivity index (χ0v) is 19.0. The minimum atomic E-state index is -0.175. The summed E-state index contributed by atoms with van der Waals surface area (Å²) in [7, 11) is 0. The van der Waals surface area contributed by atoms with Gasteiger partial charge in [-0.2, -0.15) is 5.10 Å². The Bertz CT molecular complexity index is 1340. The van der Waals surface area contributed by atoms with Crippen LogP contribution in [-0.4, -0.2) is 31.0 Å². The summed E-state index contributed by atoms with van der Waals surface area (Å²) in [6.45, 7) is 4.96. The molecule has 0 bridgehead atoms. The van der Waals surface area contributed by atoms with Gasteiger partial charge < -0.3 is 9.88 Å². The van der Waals surface area contributed by atoms with Crippen molar-refractivity contribution in [1.82, 2.24) is 25.1 Å². The standard InChI is InChI=1S/C24H25N5O2S/c1-24(2)11-6-9-16-19(27-28-21(16)24)23(31)29(13-15-7-4-3-5-8-15)14-18-25-17-10-12-32-20(17)22(30)26-18/h3-5,7-8,10,12H,6,9,11,13-14H2,1-2H3,(H,27,28)(H,25,26,30). The van der Waals surface area contributed by atoms with Crippen LogP contribution in [0.3, 0.4) is 0 Å². The van der Waals surface area contributed by atoms with Gasteiger partial charge in [-0.3, -0.25) is 14.7 Å². The number of rotatable bonds is 5. The Balaban J connectivity index is 1.52. The van der Waals surface area contributed by atoms with E-state index in [1.807, 2.05) is 41.8 Å². The normalized spacial score (nSPS) is 14.9. The van der Waals surface area contributed by atoms with Gasteiger partial charge in [0.15, 0.2) is 5.69 Å². The summed E-state index contributed by atoms with van der Waals surface area (Å²) in [5, 5.41) is 9.44. The van der Waals surface area contributed by atoms with Crippen molar-refractivity contribution in [2.75, 3.05) is 0 Å². The number of aromatic nitrogens is 4. The SMILES string of the molecule is CC1(C)CCCc2c(C(=O)N(Cc3ccccc3)Cc3nc4ccsc4c(=O)[nH]3)n[nH]c21. The first-order valence-electron chi connectivity index (χ1n) is 10.8. The Hall–Kier alpha value is -3.26. The van der Waals surface area contributed by atoms with Crippen molar-refractivity contribution in [3.05, 3.63) is 80.5 Å². The van der Waals surface area contributed by atoms with Crippen molar-refractivity contribution in [2.45, 2.75) is 51.6 Å². The third-order valence-corrected chi connectivity index (χ3v) is 7.09. The number of hydrogen-bond donors (Lipinski definition) is 2. The second kappa shape index (κ2) is 8.02. The quantitative estimate of drug-likeness (QED) is 0.480. The monoisotopic (exact) mass is 447 g/mol. The predicted molar refractivity (Wildman–Crippen MR) is 125 cm³/mol. The number of thiophene rings is 1. The largest absolute Gasteiger partial charge is 0.325 e. The number of benzene rings is 1. The van der Waals surface area contributed by atoms with E-state index in [9.17, 15) is 9.59 Å². The molecule has 2 N–H and O–H groups in total. The fourth-order valence-corrected chi connectivity index (χ4v) is 5.23. The summed E-state index contributed by atoms with van der Waals surface area (Å²) in [6.07, 6.45) is 2.93. The van der Waals surface area contributed by atoms with Crippen molar-refractivity contribution in [1.29, 1.82) is 0 Å². The van der Waals surface area contributed by atoms with Gasteiger partial charge in [-0.15, -0.1) is 11.3 Å². The predicted octanol–water partition coefficient (Wildman–Crippen LogP) is 4.16. The zero-order chi connectivity index (χ0) is 22.3. The maximum atomic E-state index is 13.7. The Morgan fingerprint density at radius 1 is 1.19 bits per heavy atom. The molecule has 1 aliphatic carbocycles. The van der Waals surface area contributed by atoms with Gasteiger partial charge in [-0.1, -0.05) is 44.2 Å². The second-order valence-corrected chi connectivity index (χ2v) is 9.87. The molecule has 5 rings (SSSR count). The molecule has 0 fully saturated rings. The van der Waals surface area contributed by atoms with Crippen LogP contribution >= 0.6 is 11.3 Å². The van der Waals surface area contributed by atoms with Crippen LogP contribution in [0, 0.1) is 0 Å². The summed E-state index contributed by atoms with van der Waals surface area (Å²) in [5.74, 6) is 0.312. The van der Waals surface area contributed by atoms with Crippen LogP contribution in [0.15, 0.2) is 46.6 Å². The maximum Gasteiger partial charge on any atom is 0.275 e. The van der Waals surface area contributed by atoms with E-state index in [4.69, 9.17) is 0 Å². The number of nitrogens with zero attached hydrogens (tertiary/aromatic N) is 3. The van der Waals surface area contributed by atoms with E-state index in [1.165, 1.54) is 11.3 Å². The third-order valence-electron chi connectivity index (χ3n) is 6.18. The molecule has 0 atom stereocenters. The van der Waals surface area contributed by atoms with Gasteiger partial charge in [-0.05, 0) is 36.3 Å². The molecule has 7 nitrogen and oxygen atoms in total. The van der Waals surface area contributed by atoms with Crippen molar-refractivity contribution >= 4 is 27.5 Å². The van der Waals surface area contributed by atoms with Crippen LogP contribution in [-0.2, 0) is 24.9 Å². The number of carbonyl (C=O) groups is 1. The van der Waals surface area contributed by atoms with Gasteiger partial charge in [0.1, 0.15) is 10.5 Å². The topological polar surface area (TPSA) is 94.7 Å². The van der Waals surface area contributed by atoms with E-state index in [0.29, 0.717) is 28.3 Å². The van der Waals surface area contributed by atoms with Crippen molar-refractivity contribution in [3.8, 4) is 0 Å². The summed E-state index contributed by atoms with van der Waals surface area (Å²) in [5.41, 5.74) is 4.00. The van der Waals surface area contributed by atoms with Crippen molar-refractivity contribution in [3.63, 3.8) is 0 Å². The number of hydrogen-bond acceptors (Lipinski definition) is 5. The molecule has 0 unspecified atom stereocenters. The molecular weight excluding hydrogens is 422 g/mol. The Kier molecular flexibility index (Phi) is 5.17. The average molecular weight is 448 g/mol. The summed E-state index contributed by atoms with van der Waals surface area (Å²) >= 11 is 1.36. The summed E-state index contributed by atoms with van der Waals surface area (Å²) < 4.78 is 0.596. The van der Waals surface area contributed by atoms with Gasteiger partial charge in [0.25, 0.3) is 11.5 Å². The third kappa shape index (κ3) is 3.75. The van der Waals surface area contributed by atoms with Crippen LogP contribution in [0.5, 0.6) is 0 Å². The number of aromatic amines is 2. The lowest BCUT2D eigenvalue weighted by atomic mass is 9.76. The van der Waals surface area contributed by atoms with Gasteiger partial charge in [-0.25, -0.2) is 4.98 Å². The Labute approximate surface area is 189 Å². The van der Waals surface area contributed by atoms with Gasteiger partial charge in [0.2, 0.25) is 0 Å². The summed E-state index contributed by atoms with van der Waals surface area (Å²) in [6, 6.07) is 11.7. The molecule has 164 valence electrons. The van der Waals surface area contributed by atoms with E-state index in [2.05, 4.69) is 34.0 Å². The number of carbonyl (C=O) groups excluding carboxylic acids is 1. The first-order chi connectivity index (χ1) is 15.4. The lowest BCUT2D eigenvalue weighted by Gasteiger charge is -2.29. The van der Waals surface area contributed by atoms with Gasteiger partial charge in [0, 0.05) is 23.2 Å². The van der Waals surface area contributed by atoms with Gasteiger partial charge >= 0.3 is 0 Å². The number of H-pyrrole nitrogens is 2. The highest BCUT2D eigenvalue weighted by molar-refractivity contribution is 7.17. The molecule has 1 aromatic carbocycles. The molecule has 4 aromatic rings. The van der Waals surface area contributed by atoms with E-state index >= 15 is 0 Å². The van der Waals surface area contributed by atoms with E-state index in [1.54, 1.807) is 4.90 Å². The lowest BCUT2D eigenvalue weighted by molar-refractivity contribution is 0.0718. The molecule has 0 aliphatic heterocycles. The molecule has 0 saturated carbocycles. The first-order valence-corrected chi connectivity index (χ1v) is 11.7. The molecule has 32 heavy (non-hydrogen) atoms. The molecule has 3 heterocycles. The van der Waals surface area contributed by atoms with E-state index < -0.39 is 0 Å². The first kappa shape index (κ1) is 20.6. The van der Waals surface area contributed by atoms with Crippen LogP contribution in [0.1, 0.15) is 59.8 Å². The minimum Gasteiger partial charge on any atom is -0.325 e. The molecular formula is C24H25N5O2S. The fourth-order valence-electron chi connectivity index (χ4n) is 4.51. The zero-order valence-electron chi connectivity index (χ0n) is 18.1. The fraction of sp³-hybridized carbons (Fsp3) is 0.333. The molecule has 1 aliphatic rings. The van der Waals surface area contributed by atoms with Crippen LogP contribution in [0.4, 0.5) is 0 Å². The molecule has 0 saturated heterocycles. The molecule has 0 radical (unpaired) electrons. The lowest BCUT2D eigenvalue weighted by Crippen LogP contribution is -2.33. The van der Waals surface area contributed by atoms with Crippen LogP contribution < -0.4 is 5.56 Å². The minimum absolute atomic E-state index is 0.0276. The summed E-state index contributed by atoms with van der Waals surface area (Å²) in [4.78, 5) is 35.3. The smallest absolute Gasteiger partial charge is 0.275 e. The van der Waals surface area contributed by atoms with E-state index in [0.717, 1.165) is 36.1 Å². The highest BCUT2D eigenvalue weighted by atomic mass is 32.1. The number of nitrogens with one attached hydrogen (secondary N) is 2. The molecule has 3 aromatic heterocycles. The highest BCUT2D eigenvalue weighted by Crippen LogP contribution is 2.37. The molecule has 8 heteroatoms. The Morgan fingerprint density at radius 3 is 2.81 bits per heavy atom. The second-order valence-electron chi connectivity index (χ2n) is 8.96. The average Bonchev–Trinajstić information content (AvgIpc) is 3.41. The number of fused-ring (bicyclic) bond motifs is 2. The van der Waals surface area contributed by atoms with Crippen LogP contribution in [0.25, 0.3) is 10.2 Å². The number of amides is 1. The van der Waals surface area contributed by atoms with Crippen molar-refractivity contribution < 1.29 is 4.79 Å². The van der Waals surface area contributed by atoms with Crippen molar-refractivity contribution in [2.24, 2.45) is 0 Å². The molecule has 0 spiro atoms. The highest BCUT2D eigenvalue weighted by Gasteiger charge is 2.34. The van der Waals surface area contributed by atoms with E-state index in [-0.39, 0.29) is 23.4 Å². The maximum absolute atomic E-state index is 13.7. The van der Waals surface area contributed by atoms with Crippen LogP contribution in [0.2, 0.25) is 0 Å².